The van der Waals surface area contributed by atoms with E-state index in [0.717, 1.165) is 0 Å². The van der Waals surface area contributed by atoms with Gasteiger partial charge >= 0.3 is 5.51 Å². The minimum Gasteiger partial charge on any atom is -0.398 e. The van der Waals surface area contributed by atoms with Gasteiger partial charge < -0.3 is 11.1 Å². The first-order chi connectivity index (χ1) is 8.70. The predicted octanol–water partition coefficient (Wildman–Crippen LogP) is 2.53. The van der Waals surface area contributed by atoms with E-state index in [-0.39, 0.29) is 29.6 Å². The van der Waals surface area contributed by atoms with Crippen LogP contribution in [-0.2, 0) is 0 Å². The maximum absolute atomic E-state index is 12.9. The predicted molar refractivity (Wildman–Crippen MR) is 61.6 cm³/mol. The molecule has 0 fully saturated rings. The van der Waals surface area contributed by atoms with Gasteiger partial charge in [-0.1, -0.05) is 0 Å². The molecular formula is C10H9F5N2OS. The molecule has 1 aromatic rings. The molecule has 1 aromatic carbocycles. The highest BCUT2D eigenvalue weighted by Gasteiger charge is 2.27. The van der Waals surface area contributed by atoms with Crippen LogP contribution in [0.3, 0.4) is 0 Å². The minimum absolute atomic E-state index is 0.276. The zero-order valence-electron chi connectivity index (χ0n) is 9.35. The number of nitrogens with two attached hydrogens (primary N) is 1. The lowest BCUT2D eigenvalue weighted by Gasteiger charge is -2.09. The second-order valence-corrected chi connectivity index (χ2v) is 4.56. The minimum atomic E-state index is -4.38. The molecule has 1 amide bonds. The molecule has 0 heterocycles. The third kappa shape index (κ3) is 4.93. The highest BCUT2D eigenvalue weighted by Crippen LogP contribution is 2.29. The molecule has 0 saturated heterocycles. The third-order valence-electron chi connectivity index (χ3n) is 1.99. The molecule has 0 bridgehead atoms. The number of benzene rings is 1. The van der Waals surface area contributed by atoms with Crippen molar-refractivity contribution in [2.75, 3.05) is 18.0 Å². The number of thioether (sulfide) groups is 1. The number of carbonyl (C=O) groups excluding carboxylic acids is 1. The Morgan fingerprint density at radius 1 is 1.26 bits per heavy atom. The molecule has 19 heavy (non-hydrogen) atoms. The van der Waals surface area contributed by atoms with Crippen molar-refractivity contribution in [1.82, 2.24) is 5.32 Å². The highest BCUT2D eigenvalue weighted by molar-refractivity contribution is 8.00. The van der Waals surface area contributed by atoms with Crippen molar-refractivity contribution in [1.29, 1.82) is 0 Å². The fourth-order valence-electron chi connectivity index (χ4n) is 1.19. The first-order valence-electron chi connectivity index (χ1n) is 4.94. The SMILES string of the molecule is Nc1cc(F)c(F)cc1C(=O)NCCSC(F)(F)F. The first-order valence-corrected chi connectivity index (χ1v) is 5.92. The summed E-state index contributed by atoms with van der Waals surface area (Å²) in [6, 6.07) is 1.23. The second-order valence-electron chi connectivity index (χ2n) is 3.40. The van der Waals surface area contributed by atoms with Crippen LogP contribution in [0.4, 0.5) is 27.6 Å². The summed E-state index contributed by atoms with van der Waals surface area (Å²) in [4.78, 5) is 11.5. The molecule has 1 rings (SSSR count). The Balaban J connectivity index is 2.57. The molecule has 0 radical (unpaired) electrons. The van der Waals surface area contributed by atoms with Crippen LogP contribution in [0.25, 0.3) is 0 Å². The summed E-state index contributed by atoms with van der Waals surface area (Å²) >= 11 is -0.300. The van der Waals surface area contributed by atoms with Gasteiger partial charge in [0.15, 0.2) is 11.6 Å². The van der Waals surface area contributed by atoms with Gasteiger partial charge in [0.05, 0.1) is 5.56 Å². The molecule has 0 saturated carbocycles. The normalized spacial score (nSPS) is 11.4. The van der Waals surface area contributed by atoms with Crippen LogP contribution < -0.4 is 11.1 Å². The number of hydrogen-bond donors (Lipinski definition) is 2. The molecule has 0 aliphatic rings. The number of hydrogen-bond acceptors (Lipinski definition) is 3. The van der Waals surface area contributed by atoms with Gasteiger partial charge in [-0.2, -0.15) is 13.2 Å². The van der Waals surface area contributed by atoms with Gasteiger partial charge in [0, 0.05) is 24.1 Å². The lowest BCUT2D eigenvalue weighted by Crippen LogP contribution is -2.27. The van der Waals surface area contributed by atoms with Crippen LogP contribution in [0.2, 0.25) is 0 Å². The van der Waals surface area contributed by atoms with Gasteiger partial charge in [0.2, 0.25) is 0 Å². The Labute approximate surface area is 109 Å². The second kappa shape index (κ2) is 6.09. The summed E-state index contributed by atoms with van der Waals surface area (Å²) in [6.07, 6.45) is 0. The third-order valence-corrected chi connectivity index (χ3v) is 2.73. The largest absolute Gasteiger partial charge is 0.441 e. The number of nitrogen functional groups attached to an aromatic ring is 1. The average molecular weight is 300 g/mol. The van der Waals surface area contributed by atoms with E-state index in [0.29, 0.717) is 12.1 Å². The molecule has 106 valence electrons. The first kappa shape index (κ1) is 15.5. The smallest absolute Gasteiger partial charge is 0.398 e. The van der Waals surface area contributed by atoms with Gasteiger partial charge in [-0.25, -0.2) is 8.78 Å². The van der Waals surface area contributed by atoms with Crippen molar-refractivity contribution in [2.24, 2.45) is 0 Å². The molecule has 0 unspecified atom stereocenters. The summed E-state index contributed by atoms with van der Waals surface area (Å²) < 4.78 is 61.1. The average Bonchev–Trinajstić information content (AvgIpc) is 2.28. The van der Waals surface area contributed by atoms with E-state index in [1.165, 1.54) is 0 Å². The summed E-state index contributed by atoms with van der Waals surface area (Å²) in [5.74, 6) is -3.72. The van der Waals surface area contributed by atoms with Crippen molar-refractivity contribution in [3.63, 3.8) is 0 Å². The quantitative estimate of drug-likeness (QED) is 0.510. The van der Waals surface area contributed by atoms with Gasteiger partial charge in [0.1, 0.15) is 0 Å². The topological polar surface area (TPSA) is 55.1 Å². The molecule has 0 atom stereocenters. The van der Waals surface area contributed by atoms with E-state index >= 15 is 0 Å². The number of carbonyl (C=O) groups is 1. The van der Waals surface area contributed by atoms with E-state index in [4.69, 9.17) is 5.73 Å². The van der Waals surface area contributed by atoms with Gasteiger partial charge in [0.25, 0.3) is 5.91 Å². The van der Waals surface area contributed by atoms with Gasteiger partial charge in [-0.15, -0.1) is 0 Å². The van der Waals surface area contributed by atoms with Crippen LogP contribution >= 0.6 is 11.8 Å². The Kier molecular flexibility index (Phi) is 4.98. The molecule has 0 aliphatic heterocycles. The maximum atomic E-state index is 12.9. The fraction of sp³-hybridized carbons (Fsp3) is 0.300. The number of halogens is 5. The Morgan fingerprint density at radius 3 is 2.42 bits per heavy atom. The van der Waals surface area contributed by atoms with E-state index in [2.05, 4.69) is 5.32 Å². The molecular weight excluding hydrogens is 291 g/mol. The van der Waals surface area contributed by atoms with Crippen molar-refractivity contribution < 1.29 is 26.7 Å². The van der Waals surface area contributed by atoms with Gasteiger partial charge in [-0.3, -0.25) is 4.79 Å². The zero-order valence-corrected chi connectivity index (χ0v) is 10.2. The van der Waals surface area contributed by atoms with Crippen molar-refractivity contribution in [3.05, 3.63) is 29.3 Å². The van der Waals surface area contributed by atoms with Crippen molar-refractivity contribution >= 4 is 23.4 Å². The van der Waals surface area contributed by atoms with Crippen LogP contribution in [0, 0.1) is 11.6 Å². The van der Waals surface area contributed by atoms with Crippen molar-refractivity contribution in [2.45, 2.75) is 5.51 Å². The van der Waals surface area contributed by atoms with Gasteiger partial charge in [-0.05, 0) is 17.8 Å². The van der Waals surface area contributed by atoms with E-state index in [1.54, 1.807) is 0 Å². The fourth-order valence-corrected chi connectivity index (χ4v) is 1.62. The molecule has 0 aromatic heterocycles. The Hall–Kier alpha value is -1.51. The van der Waals surface area contributed by atoms with Crippen LogP contribution in [0.15, 0.2) is 12.1 Å². The van der Waals surface area contributed by atoms with Crippen LogP contribution in [0.5, 0.6) is 0 Å². The zero-order chi connectivity index (χ0) is 14.6. The number of nitrogens with one attached hydrogen (secondary N) is 1. The number of rotatable bonds is 4. The molecule has 0 aliphatic carbocycles. The van der Waals surface area contributed by atoms with Crippen LogP contribution in [-0.4, -0.2) is 23.7 Å². The molecule has 9 heteroatoms. The highest BCUT2D eigenvalue weighted by atomic mass is 32.2. The molecule has 0 spiro atoms. The van der Waals surface area contributed by atoms with E-state index < -0.39 is 28.8 Å². The summed E-state index contributed by atoms with van der Waals surface area (Å²) in [7, 11) is 0. The standard InChI is InChI=1S/C10H9F5N2OS/c11-6-3-5(8(16)4-7(6)12)9(18)17-1-2-19-10(13,14)15/h3-4H,1-2,16H2,(H,17,18). The summed E-state index contributed by atoms with van der Waals surface area (Å²) in [5, 5.41) is 2.13. The number of anilines is 1. The Bertz CT molecular complexity index is 478. The molecule has 3 nitrogen and oxygen atoms in total. The lowest BCUT2D eigenvalue weighted by molar-refractivity contribution is -0.0327. The van der Waals surface area contributed by atoms with E-state index in [1.807, 2.05) is 0 Å². The lowest BCUT2D eigenvalue weighted by atomic mass is 10.1. The number of amides is 1. The van der Waals surface area contributed by atoms with Crippen molar-refractivity contribution in [3.8, 4) is 0 Å². The summed E-state index contributed by atoms with van der Waals surface area (Å²) in [6.45, 7) is -0.276. The monoisotopic (exact) mass is 300 g/mol. The van der Waals surface area contributed by atoms with Crippen LogP contribution in [0.1, 0.15) is 10.4 Å². The number of alkyl halides is 3. The molecule has 3 N–H and O–H groups in total. The summed E-state index contributed by atoms with van der Waals surface area (Å²) in [5.41, 5.74) is 0.314. The van der Waals surface area contributed by atoms with E-state index in [9.17, 15) is 26.7 Å². The maximum Gasteiger partial charge on any atom is 0.441 e. The Morgan fingerprint density at radius 2 is 1.84 bits per heavy atom.